The van der Waals surface area contributed by atoms with E-state index in [9.17, 15) is 10.2 Å². The quantitative estimate of drug-likeness (QED) is 0.485. The predicted octanol–water partition coefficient (Wildman–Crippen LogP) is 3.00. The van der Waals surface area contributed by atoms with Crippen molar-refractivity contribution in [2.75, 3.05) is 18.4 Å². The number of piperidine rings is 1. The molecule has 8 rings (SSSR count). The van der Waals surface area contributed by atoms with Crippen LogP contribution >= 0.6 is 0 Å². The van der Waals surface area contributed by atoms with Crippen LogP contribution in [0.3, 0.4) is 0 Å². The molecule has 2 fully saturated rings. The Bertz CT molecular complexity index is 1280. The number of nitrogens with one attached hydrogen (secondary N) is 2. The van der Waals surface area contributed by atoms with E-state index in [4.69, 9.17) is 0 Å². The largest absolute Gasteiger partial charge is 0.506 e. The number of hydrogen-bond donors (Lipinski definition) is 4. The highest BCUT2D eigenvalue weighted by atomic mass is 16.3. The van der Waals surface area contributed by atoms with Crippen LogP contribution < -0.4 is 5.32 Å². The van der Waals surface area contributed by atoms with Crippen LogP contribution in [0.1, 0.15) is 47.7 Å². The number of phenols is 1. The van der Waals surface area contributed by atoms with Crippen LogP contribution in [0.2, 0.25) is 0 Å². The number of H-pyrrole nitrogens is 1. The van der Waals surface area contributed by atoms with Gasteiger partial charge in [-0.05, 0) is 73.0 Å². The van der Waals surface area contributed by atoms with Gasteiger partial charge in [-0.15, -0.1) is 0 Å². The Labute approximate surface area is 180 Å². The number of aromatic nitrogens is 2. The first kappa shape index (κ1) is 17.0. The second kappa shape index (κ2) is 5.25. The maximum atomic E-state index is 12.7. The van der Waals surface area contributed by atoms with Crippen molar-refractivity contribution < 1.29 is 10.2 Å². The molecule has 2 aliphatic heterocycles. The molecule has 0 amide bonds. The molecule has 3 aromatic rings. The van der Waals surface area contributed by atoms with Crippen LogP contribution in [-0.4, -0.2) is 49.8 Å². The van der Waals surface area contributed by atoms with Gasteiger partial charge in [0.25, 0.3) is 0 Å². The fourth-order valence-electron chi connectivity index (χ4n) is 7.65. The SMILES string of the molecule is Oc1ccc2c3c1N[C@H]1c4[nH]c5ncccc5c4C[C@@]4(O)[C@@H](C2)N(CC2CC2)CC[C@]314. The lowest BCUT2D eigenvalue weighted by atomic mass is 9.48. The Hall–Kier alpha value is -2.57. The van der Waals surface area contributed by atoms with Crippen molar-refractivity contribution in [3.63, 3.8) is 0 Å². The van der Waals surface area contributed by atoms with Crippen molar-refractivity contribution in [1.82, 2.24) is 14.9 Å². The molecule has 4 heterocycles. The van der Waals surface area contributed by atoms with Crippen LogP contribution in [0.15, 0.2) is 30.5 Å². The van der Waals surface area contributed by atoms with E-state index >= 15 is 0 Å². The van der Waals surface area contributed by atoms with Crippen LogP contribution in [0.5, 0.6) is 5.75 Å². The van der Waals surface area contributed by atoms with E-state index in [2.05, 4.69) is 32.3 Å². The number of phenolic OH excluding ortho intramolecular Hbond substituents is 1. The van der Waals surface area contributed by atoms with Crippen molar-refractivity contribution in [2.24, 2.45) is 5.92 Å². The smallest absolute Gasteiger partial charge is 0.139 e. The average Bonchev–Trinajstić information content (AvgIpc) is 3.40. The second-order valence-electron chi connectivity index (χ2n) is 10.5. The molecule has 6 nitrogen and oxygen atoms in total. The van der Waals surface area contributed by atoms with E-state index in [0.29, 0.717) is 12.2 Å². The molecular formula is C25H26N4O2. The standard InChI is InChI=1S/C25H26N4O2/c30-17-6-5-14-10-18-25(31)11-16-15-2-1-8-26-23(15)28-20(16)22-24(25,19(14)21(17)27-22)7-9-29(18)12-13-3-4-13/h1-2,5-6,8,13,18,22,27,30-31H,3-4,7,9-12H2,(H,26,28)/t18-,22+,24+,25-/m1/s1. The minimum absolute atomic E-state index is 0.0802. The highest BCUT2D eigenvalue weighted by Crippen LogP contribution is 2.68. The summed E-state index contributed by atoms with van der Waals surface area (Å²) in [6.45, 7) is 2.10. The van der Waals surface area contributed by atoms with Gasteiger partial charge in [-0.3, -0.25) is 4.90 Å². The summed E-state index contributed by atoms with van der Waals surface area (Å²) in [6.07, 6.45) is 6.84. The first-order chi connectivity index (χ1) is 15.1. The highest BCUT2D eigenvalue weighted by molar-refractivity contribution is 5.85. The van der Waals surface area contributed by atoms with Crippen LogP contribution in [0.4, 0.5) is 5.69 Å². The molecular weight excluding hydrogens is 388 g/mol. The number of aromatic hydroxyl groups is 1. The Kier molecular flexibility index (Phi) is 2.88. The molecule has 1 aromatic carbocycles. The van der Waals surface area contributed by atoms with Gasteiger partial charge in [-0.25, -0.2) is 4.98 Å². The number of aliphatic hydroxyl groups is 1. The number of rotatable bonds is 2. The van der Waals surface area contributed by atoms with Crippen LogP contribution in [-0.2, 0) is 18.3 Å². The van der Waals surface area contributed by atoms with E-state index in [1.807, 2.05) is 18.3 Å². The third kappa shape index (κ3) is 1.83. The van der Waals surface area contributed by atoms with Gasteiger partial charge in [-0.2, -0.15) is 0 Å². The Morgan fingerprint density at radius 1 is 1.23 bits per heavy atom. The lowest BCUT2D eigenvalue weighted by Gasteiger charge is -2.63. The van der Waals surface area contributed by atoms with E-state index in [-0.39, 0.29) is 12.1 Å². The molecule has 3 aliphatic carbocycles. The fourth-order valence-corrected chi connectivity index (χ4v) is 7.65. The minimum Gasteiger partial charge on any atom is -0.506 e. The Morgan fingerprint density at radius 3 is 3.00 bits per heavy atom. The third-order valence-electron chi connectivity index (χ3n) is 9.10. The lowest BCUT2D eigenvalue weighted by molar-refractivity contribution is -0.155. The number of anilines is 1. The lowest BCUT2D eigenvalue weighted by Crippen LogP contribution is -2.74. The van der Waals surface area contributed by atoms with E-state index in [0.717, 1.165) is 54.3 Å². The Morgan fingerprint density at radius 2 is 2.13 bits per heavy atom. The van der Waals surface area contributed by atoms with Crippen molar-refractivity contribution in [1.29, 1.82) is 0 Å². The zero-order chi connectivity index (χ0) is 20.5. The van der Waals surface area contributed by atoms with E-state index in [1.54, 1.807) is 0 Å². The number of likely N-dealkylation sites (tertiary alicyclic amines) is 1. The summed E-state index contributed by atoms with van der Waals surface area (Å²) in [7, 11) is 0. The van der Waals surface area contributed by atoms with Crippen molar-refractivity contribution >= 4 is 16.7 Å². The summed E-state index contributed by atoms with van der Waals surface area (Å²) in [4.78, 5) is 10.8. The maximum Gasteiger partial charge on any atom is 0.139 e. The molecule has 1 spiro atoms. The summed E-state index contributed by atoms with van der Waals surface area (Å²) in [5.41, 5.74) is 5.20. The first-order valence-electron chi connectivity index (χ1n) is 11.6. The summed E-state index contributed by atoms with van der Waals surface area (Å²) in [5.74, 6) is 1.09. The van der Waals surface area contributed by atoms with Gasteiger partial charge in [0, 0.05) is 36.3 Å². The molecule has 0 radical (unpaired) electrons. The summed E-state index contributed by atoms with van der Waals surface area (Å²) in [6, 6.07) is 8.04. The van der Waals surface area contributed by atoms with Gasteiger partial charge < -0.3 is 20.5 Å². The second-order valence-corrected chi connectivity index (χ2v) is 10.5. The molecule has 2 bridgehead atoms. The van der Waals surface area contributed by atoms with Gasteiger partial charge in [0.2, 0.25) is 0 Å². The van der Waals surface area contributed by atoms with Gasteiger partial charge >= 0.3 is 0 Å². The van der Waals surface area contributed by atoms with E-state index in [1.165, 1.54) is 29.5 Å². The monoisotopic (exact) mass is 414 g/mol. The van der Waals surface area contributed by atoms with Crippen LogP contribution in [0.25, 0.3) is 11.0 Å². The first-order valence-corrected chi connectivity index (χ1v) is 11.6. The molecule has 6 heteroatoms. The van der Waals surface area contributed by atoms with Crippen molar-refractivity contribution in [2.45, 2.75) is 55.2 Å². The number of aromatic amines is 1. The molecule has 4 atom stereocenters. The van der Waals surface area contributed by atoms with Gasteiger partial charge in [-0.1, -0.05) is 6.07 Å². The molecule has 0 unspecified atom stereocenters. The summed E-state index contributed by atoms with van der Waals surface area (Å²) >= 11 is 0. The number of hydrogen-bond acceptors (Lipinski definition) is 5. The fraction of sp³-hybridized carbons (Fsp3) is 0.480. The van der Waals surface area contributed by atoms with E-state index < -0.39 is 11.0 Å². The van der Waals surface area contributed by atoms with Crippen molar-refractivity contribution in [3.05, 3.63) is 52.8 Å². The van der Waals surface area contributed by atoms with Gasteiger partial charge in [0.1, 0.15) is 11.4 Å². The number of pyridine rings is 1. The molecule has 2 aromatic heterocycles. The topological polar surface area (TPSA) is 84.4 Å². The van der Waals surface area contributed by atoms with Gasteiger partial charge in [0.05, 0.1) is 22.7 Å². The summed E-state index contributed by atoms with van der Waals surface area (Å²) < 4.78 is 0. The number of nitrogens with zero attached hydrogens (tertiary/aromatic N) is 2. The third-order valence-corrected chi connectivity index (χ3v) is 9.10. The molecule has 1 saturated heterocycles. The Balaban J connectivity index is 1.43. The van der Waals surface area contributed by atoms with Gasteiger partial charge in [0.15, 0.2) is 0 Å². The predicted molar refractivity (Wildman–Crippen MR) is 117 cm³/mol. The van der Waals surface area contributed by atoms with Crippen LogP contribution in [0, 0.1) is 5.92 Å². The molecule has 4 N–H and O–H groups in total. The average molecular weight is 415 g/mol. The minimum atomic E-state index is -0.873. The normalized spacial score (nSPS) is 35.0. The highest BCUT2D eigenvalue weighted by Gasteiger charge is 2.71. The molecule has 5 aliphatic rings. The molecule has 1 saturated carbocycles. The maximum absolute atomic E-state index is 12.7. The summed E-state index contributed by atoms with van der Waals surface area (Å²) in [5, 5.41) is 28.3. The zero-order valence-corrected chi connectivity index (χ0v) is 17.4. The molecule has 158 valence electrons. The zero-order valence-electron chi connectivity index (χ0n) is 17.4. The molecule has 31 heavy (non-hydrogen) atoms. The van der Waals surface area contributed by atoms with Crippen molar-refractivity contribution in [3.8, 4) is 5.75 Å². The number of benzene rings is 1. The number of fused-ring (bicyclic) bond motifs is 4.